The Bertz CT molecular complexity index is 847. The molecule has 170 valence electrons. The maximum absolute atomic E-state index is 12.9. The zero-order valence-corrected chi connectivity index (χ0v) is 19.8. The van der Waals surface area contributed by atoms with Crippen LogP contribution in [0.3, 0.4) is 0 Å². The molecule has 1 aliphatic rings. The number of aromatic nitrogens is 2. The number of nitrogens with one attached hydrogen (secondary N) is 1. The van der Waals surface area contributed by atoms with Gasteiger partial charge in [-0.3, -0.25) is 0 Å². The van der Waals surface area contributed by atoms with E-state index in [4.69, 9.17) is 9.47 Å². The summed E-state index contributed by atoms with van der Waals surface area (Å²) in [5.74, 6) is 1.28. The highest BCUT2D eigenvalue weighted by molar-refractivity contribution is 5.90. The number of piperidine rings is 1. The van der Waals surface area contributed by atoms with Crippen LogP contribution in [0.1, 0.15) is 67.6 Å². The van der Waals surface area contributed by atoms with E-state index in [0.717, 1.165) is 31.5 Å². The molecule has 1 aromatic carbocycles. The van der Waals surface area contributed by atoms with Crippen molar-refractivity contribution in [1.29, 1.82) is 0 Å². The Balaban J connectivity index is 0.00000341. The summed E-state index contributed by atoms with van der Waals surface area (Å²) in [5.41, 5.74) is 1.29. The van der Waals surface area contributed by atoms with E-state index in [1.165, 1.54) is 12.8 Å². The molecule has 0 saturated carbocycles. The minimum atomic E-state index is -0.609. The Labute approximate surface area is 191 Å². The van der Waals surface area contributed by atoms with Crippen LogP contribution in [0, 0.1) is 12.8 Å². The summed E-state index contributed by atoms with van der Waals surface area (Å²) in [6.45, 7) is 9.89. The SMILES string of the molecule is Cc1nc(CCC2CCNCC2)nc(C(=O)OC(C)(C)C)c1OCc1ccccc1.Cl. The van der Waals surface area contributed by atoms with Gasteiger partial charge in [-0.15, -0.1) is 12.4 Å². The van der Waals surface area contributed by atoms with Gasteiger partial charge in [0.1, 0.15) is 18.0 Å². The molecule has 6 nitrogen and oxygen atoms in total. The molecule has 0 unspecified atom stereocenters. The molecule has 1 aliphatic heterocycles. The van der Waals surface area contributed by atoms with E-state index in [1.807, 2.05) is 58.0 Å². The van der Waals surface area contributed by atoms with Crippen LogP contribution in [0.5, 0.6) is 5.75 Å². The number of esters is 1. The Hall–Kier alpha value is -2.18. The average molecular weight is 448 g/mol. The number of nitrogens with zero attached hydrogens (tertiary/aromatic N) is 2. The van der Waals surface area contributed by atoms with E-state index in [1.54, 1.807) is 0 Å². The van der Waals surface area contributed by atoms with Crippen molar-refractivity contribution in [2.45, 2.75) is 65.6 Å². The van der Waals surface area contributed by atoms with E-state index in [2.05, 4.69) is 15.3 Å². The molecule has 1 N–H and O–H groups in total. The Kier molecular flexibility index (Phi) is 9.26. The quantitative estimate of drug-likeness (QED) is 0.621. The molecule has 0 radical (unpaired) electrons. The standard InChI is InChI=1S/C24H33N3O3.ClH/c1-17-22(29-16-19-8-6-5-7-9-19)21(23(28)30-24(2,3)4)27-20(26-17)11-10-18-12-14-25-15-13-18;/h5-9,18,25H,10-16H2,1-4H3;1H. The third kappa shape index (κ3) is 7.78. The van der Waals surface area contributed by atoms with Crippen LogP contribution in [-0.2, 0) is 17.8 Å². The molecule has 0 bridgehead atoms. The van der Waals surface area contributed by atoms with Crippen molar-refractivity contribution in [3.05, 3.63) is 53.1 Å². The van der Waals surface area contributed by atoms with Crippen molar-refractivity contribution in [1.82, 2.24) is 15.3 Å². The number of carbonyl (C=O) groups excluding carboxylic acids is 1. The fourth-order valence-electron chi connectivity index (χ4n) is 3.60. The van der Waals surface area contributed by atoms with Gasteiger partial charge in [-0.05, 0) is 71.5 Å². The van der Waals surface area contributed by atoms with Crippen LogP contribution in [0.25, 0.3) is 0 Å². The largest absolute Gasteiger partial charge is 0.484 e. The molecular weight excluding hydrogens is 414 g/mol. The highest BCUT2D eigenvalue weighted by Gasteiger charge is 2.26. The Morgan fingerprint density at radius 3 is 2.45 bits per heavy atom. The summed E-state index contributed by atoms with van der Waals surface area (Å²) in [6, 6.07) is 9.84. The molecule has 0 aliphatic carbocycles. The van der Waals surface area contributed by atoms with Crippen molar-refractivity contribution in [2.24, 2.45) is 5.92 Å². The van der Waals surface area contributed by atoms with E-state index in [-0.39, 0.29) is 18.1 Å². The number of hydrogen-bond donors (Lipinski definition) is 1. The highest BCUT2D eigenvalue weighted by atomic mass is 35.5. The van der Waals surface area contributed by atoms with Crippen LogP contribution < -0.4 is 10.1 Å². The fourth-order valence-corrected chi connectivity index (χ4v) is 3.60. The second-order valence-corrected chi connectivity index (χ2v) is 8.91. The van der Waals surface area contributed by atoms with Gasteiger partial charge < -0.3 is 14.8 Å². The molecule has 1 fully saturated rings. The fraction of sp³-hybridized carbons (Fsp3) is 0.542. The van der Waals surface area contributed by atoms with Gasteiger partial charge in [0.05, 0.1) is 5.69 Å². The molecule has 7 heteroatoms. The van der Waals surface area contributed by atoms with Crippen molar-refractivity contribution in [3.63, 3.8) is 0 Å². The van der Waals surface area contributed by atoms with E-state index >= 15 is 0 Å². The molecule has 0 atom stereocenters. The number of halogens is 1. The van der Waals surface area contributed by atoms with E-state index in [9.17, 15) is 4.79 Å². The molecule has 31 heavy (non-hydrogen) atoms. The summed E-state index contributed by atoms with van der Waals surface area (Å²) in [7, 11) is 0. The first-order valence-electron chi connectivity index (χ1n) is 10.8. The van der Waals surface area contributed by atoms with Gasteiger partial charge in [-0.25, -0.2) is 14.8 Å². The Morgan fingerprint density at radius 2 is 1.81 bits per heavy atom. The number of benzene rings is 1. The second-order valence-electron chi connectivity index (χ2n) is 8.91. The third-order valence-corrected chi connectivity index (χ3v) is 5.13. The normalized spacial score (nSPS) is 14.6. The molecule has 1 saturated heterocycles. The van der Waals surface area contributed by atoms with Gasteiger partial charge >= 0.3 is 5.97 Å². The first-order chi connectivity index (χ1) is 14.3. The van der Waals surface area contributed by atoms with Crippen LogP contribution in [-0.4, -0.2) is 34.6 Å². The van der Waals surface area contributed by atoms with Crippen molar-refractivity contribution >= 4 is 18.4 Å². The van der Waals surface area contributed by atoms with Crippen molar-refractivity contribution < 1.29 is 14.3 Å². The summed E-state index contributed by atoms with van der Waals surface area (Å²) in [6.07, 6.45) is 4.13. The van der Waals surface area contributed by atoms with Crippen LogP contribution in [0.4, 0.5) is 0 Å². The minimum absolute atomic E-state index is 0. The second kappa shape index (κ2) is 11.4. The van der Waals surface area contributed by atoms with Gasteiger partial charge in [0.25, 0.3) is 0 Å². The van der Waals surface area contributed by atoms with Crippen LogP contribution in [0.15, 0.2) is 30.3 Å². The topological polar surface area (TPSA) is 73.3 Å². The lowest BCUT2D eigenvalue weighted by atomic mass is 9.93. The van der Waals surface area contributed by atoms with Crippen molar-refractivity contribution in [3.8, 4) is 5.75 Å². The zero-order valence-electron chi connectivity index (χ0n) is 18.9. The number of ether oxygens (including phenoxy) is 2. The Morgan fingerprint density at radius 1 is 1.13 bits per heavy atom. The number of aryl methyl sites for hydroxylation is 2. The lowest BCUT2D eigenvalue weighted by molar-refractivity contribution is 0.00573. The molecule has 0 amide bonds. The van der Waals surface area contributed by atoms with Gasteiger partial charge in [-0.1, -0.05) is 30.3 Å². The lowest BCUT2D eigenvalue weighted by Gasteiger charge is -2.23. The maximum atomic E-state index is 12.9. The summed E-state index contributed by atoms with van der Waals surface area (Å²) in [5, 5.41) is 3.39. The number of rotatable bonds is 7. The van der Waals surface area contributed by atoms with Gasteiger partial charge in [0.2, 0.25) is 0 Å². The smallest absolute Gasteiger partial charge is 0.361 e. The molecule has 2 heterocycles. The highest BCUT2D eigenvalue weighted by Crippen LogP contribution is 2.26. The van der Waals surface area contributed by atoms with Crippen LogP contribution in [0.2, 0.25) is 0 Å². The summed E-state index contributed by atoms with van der Waals surface area (Å²) >= 11 is 0. The van der Waals surface area contributed by atoms with Gasteiger partial charge in [0.15, 0.2) is 11.4 Å². The van der Waals surface area contributed by atoms with E-state index in [0.29, 0.717) is 29.8 Å². The number of carbonyl (C=O) groups is 1. The predicted molar refractivity (Wildman–Crippen MR) is 124 cm³/mol. The van der Waals surface area contributed by atoms with Crippen LogP contribution >= 0.6 is 12.4 Å². The maximum Gasteiger partial charge on any atom is 0.361 e. The minimum Gasteiger partial charge on any atom is -0.484 e. The first-order valence-corrected chi connectivity index (χ1v) is 10.8. The predicted octanol–water partition coefficient (Wildman–Crippen LogP) is 4.67. The first kappa shape index (κ1) is 25.1. The van der Waals surface area contributed by atoms with Crippen molar-refractivity contribution in [2.75, 3.05) is 13.1 Å². The summed E-state index contributed by atoms with van der Waals surface area (Å²) in [4.78, 5) is 22.1. The molecule has 2 aromatic rings. The van der Waals surface area contributed by atoms with E-state index < -0.39 is 11.6 Å². The third-order valence-electron chi connectivity index (χ3n) is 5.13. The lowest BCUT2D eigenvalue weighted by Crippen LogP contribution is -2.28. The molecular formula is C24H34ClN3O3. The molecule has 0 spiro atoms. The summed E-state index contributed by atoms with van der Waals surface area (Å²) < 4.78 is 11.6. The zero-order chi connectivity index (χ0) is 21.6. The van der Waals surface area contributed by atoms with Gasteiger partial charge in [-0.2, -0.15) is 0 Å². The molecule has 1 aromatic heterocycles. The average Bonchev–Trinajstić information content (AvgIpc) is 2.71. The molecule has 3 rings (SSSR count). The van der Waals surface area contributed by atoms with Gasteiger partial charge in [0, 0.05) is 6.42 Å². The number of hydrogen-bond acceptors (Lipinski definition) is 6. The monoisotopic (exact) mass is 447 g/mol.